The molecule has 2 aromatic heterocycles. The first kappa shape index (κ1) is 37.3. The van der Waals surface area contributed by atoms with Gasteiger partial charge in [-0.25, -0.2) is 0 Å². The molecule has 10 aromatic carbocycles. The molecule has 0 amide bonds. The van der Waals surface area contributed by atoms with Crippen LogP contribution in [0.3, 0.4) is 0 Å². The number of allylic oxidation sites excluding steroid dienone is 3. The van der Waals surface area contributed by atoms with E-state index in [4.69, 9.17) is 0 Å². The monoisotopic (exact) mass is 860 g/mol. The van der Waals surface area contributed by atoms with Gasteiger partial charge in [0.15, 0.2) is 0 Å². The molecule has 314 valence electrons. The van der Waals surface area contributed by atoms with Gasteiger partial charge in [0.25, 0.3) is 0 Å². The number of hydrogen-bond donors (Lipinski definition) is 0. The third-order valence-electron chi connectivity index (χ3n) is 15.2. The summed E-state index contributed by atoms with van der Waals surface area (Å²) < 4.78 is 4.99. The Kier molecular flexibility index (Phi) is 7.70. The normalized spacial score (nSPS) is 15.1. The zero-order chi connectivity index (χ0) is 44.5. The van der Waals surface area contributed by atoms with Gasteiger partial charge in [0.2, 0.25) is 0 Å². The first-order chi connectivity index (χ1) is 33.7. The van der Waals surface area contributed by atoms with E-state index in [0.29, 0.717) is 0 Å². The van der Waals surface area contributed by atoms with Crippen molar-refractivity contribution >= 4 is 43.6 Å². The maximum atomic E-state index is 3.42. The molecule has 68 heavy (non-hydrogen) atoms. The van der Waals surface area contributed by atoms with Crippen LogP contribution in [0.2, 0.25) is 0 Å². The minimum Gasteiger partial charge on any atom is -0.309 e. The van der Waals surface area contributed by atoms with Crippen molar-refractivity contribution in [3.63, 3.8) is 0 Å². The number of fused-ring (bicyclic) bond motifs is 14. The molecule has 15 rings (SSSR count). The Morgan fingerprint density at radius 3 is 1.75 bits per heavy atom. The topological polar surface area (TPSA) is 9.86 Å². The first-order valence-corrected chi connectivity index (χ1v) is 23.6. The van der Waals surface area contributed by atoms with Gasteiger partial charge < -0.3 is 9.13 Å². The number of para-hydroxylation sites is 2. The summed E-state index contributed by atoms with van der Waals surface area (Å²) in [5.41, 5.74) is 27.6. The predicted octanol–water partition coefficient (Wildman–Crippen LogP) is 16.8. The van der Waals surface area contributed by atoms with Crippen LogP contribution in [0.1, 0.15) is 16.7 Å². The summed E-state index contributed by atoms with van der Waals surface area (Å²) in [4.78, 5) is 0. The lowest BCUT2D eigenvalue weighted by molar-refractivity contribution is 0.768. The van der Waals surface area contributed by atoms with Gasteiger partial charge in [0.05, 0.1) is 33.2 Å². The summed E-state index contributed by atoms with van der Waals surface area (Å²) in [5.74, 6) is 0. The number of nitrogens with zero attached hydrogens (tertiary/aromatic N) is 2. The SMILES string of the molecule is C1=CC=C(C2(c3ccccc3)c3ccccc3-c3ccc(-n4c5ccccc5c5cc(-c6cc7c8c(c6)c6ccccc6n8-c6ccc(-c8ccccc8)cc6-c6ccccc6-7)ccc54)cc32)C=1. The highest BCUT2D eigenvalue weighted by atomic mass is 15.0. The van der Waals surface area contributed by atoms with E-state index in [0.717, 1.165) is 5.69 Å². The number of aromatic nitrogens is 2. The van der Waals surface area contributed by atoms with Crippen molar-refractivity contribution in [2.24, 2.45) is 0 Å². The Balaban J connectivity index is 0.943. The molecule has 2 nitrogen and oxygen atoms in total. The van der Waals surface area contributed by atoms with E-state index in [9.17, 15) is 0 Å². The van der Waals surface area contributed by atoms with Crippen LogP contribution in [-0.4, -0.2) is 9.13 Å². The minimum atomic E-state index is -0.486. The van der Waals surface area contributed by atoms with E-state index in [-0.39, 0.29) is 0 Å². The van der Waals surface area contributed by atoms with Crippen molar-refractivity contribution in [3.05, 3.63) is 271 Å². The fourth-order valence-electron chi connectivity index (χ4n) is 12.3. The fraction of sp³-hybridized carbons (Fsp3) is 0.0152. The highest BCUT2D eigenvalue weighted by Crippen LogP contribution is 2.58. The van der Waals surface area contributed by atoms with Gasteiger partial charge in [-0.2, -0.15) is 0 Å². The first-order valence-electron chi connectivity index (χ1n) is 23.6. The fourth-order valence-corrected chi connectivity index (χ4v) is 12.3. The standard InChI is InChI=1S/C66H40N2/c1-3-17-42(18-4-1)43-31-36-64-55(37-43)49-23-9-10-24-50(49)57-39-45(40-58-54-27-13-16-30-62(54)68(64)65(57)58)44-32-35-63-56(38-44)53-26-12-15-29-61(53)67(63)48-33-34-52-51-25-11-14-28-59(51)66(60(52)41-48,47-21-7-8-22-47)46-19-5-2-6-20-46/h1-7,9-41H. The van der Waals surface area contributed by atoms with E-state index in [1.165, 1.54) is 127 Å². The molecule has 3 heterocycles. The van der Waals surface area contributed by atoms with Crippen molar-refractivity contribution in [1.29, 1.82) is 0 Å². The summed E-state index contributed by atoms with van der Waals surface area (Å²) in [7, 11) is 0. The lowest BCUT2D eigenvalue weighted by Crippen LogP contribution is -2.28. The summed E-state index contributed by atoms with van der Waals surface area (Å²) in [6.45, 7) is 0. The Bertz CT molecular complexity index is 4230. The Hall–Kier alpha value is -8.94. The summed E-state index contributed by atoms with van der Waals surface area (Å²) >= 11 is 0. The van der Waals surface area contributed by atoms with Gasteiger partial charge in [-0.05, 0) is 146 Å². The van der Waals surface area contributed by atoms with Crippen LogP contribution in [0.5, 0.6) is 0 Å². The third kappa shape index (κ3) is 5.02. The molecule has 0 saturated heterocycles. The molecule has 0 saturated carbocycles. The molecule has 1 atom stereocenters. The van der Waals surface area contributed by atoms with Crippen molar-refractivity contribution in [2.75, 3.05) is 0 Å². The molecule has 1 unspecified atom stereocenters. The molecular formula is C66H40N2. The van der Waals surface area contributed by atoms with Gasteiger partial charge >= 0.3 is 0 Å². The third-order valence-corrected chi connectivity index (χ3v) is 15.2. The number of hydrogen-bond acceptors (Lipinski definition) is 0. The van der Waals surface area contributed by atoms with E-state index >= 15 is 0 Å². The molecule has 0 bridgehead atoms. The van der Waals surface area contributed by atoms with E-state index in [1.807, 2.05) is 0 Å². The summed E-state index contributed by atoms with van der Waals surface area (Å²) in [6.07, 6.45) is 6.48. The zero-order valence-electron chi connectivity index (χ0n) is 37.0. The molecule has 0 spiro atoms. The van der Waals surface area contributed by atoms with Gasteiger partial charge in [0.1, 0.15) is 0 Å². The van der Waals surface area contributed by atoms with Crippen LogP contribution >= 0.6 is 0 Å². The Morgan fingerprint density at radius 2 is 0.956 bits per heavy atom. The summed E-state index contributed by atoms with van der Waals surface area (Å²) in [5, 5.41) is 4.98. The Morgan fingerprint density at radius 1 is 0.353 bits per heavy atom. The van der Waals surface area contributed by atoms with Crippen molar-refractivity contribution < 1.29 is 0 Å². The average Bonchev–Trinajstić information content (AvgIpc) is 4.19. The highest BCUT2D eigenvalue weighted by Gasteiger charge is 2.47. The van der Waals surface area contributed by atoms with Crippen LogP contribution in [0, 0.1) is 0 Å². The molecule has 0 radical (unpaired) electrons. The van der Waals surface area contributed by atoms with Crippen molar-refractivity contribution in [1.82, 2.24) is 9.13 Å². The predicted molar refractivity (Wildman–Crippen MR) is 283 cm³/mol. The lowest BCUT2D eigenvalue weighted by atomic mass is 9.67. The number of benzene rings is 10. The maximum Gasteiger partial charge on any atom is 0.0720 e. The van der Waals surface area contributed by atoms with Gasteiger partial charge in [0, 0.05) is 38.4 Å². The second-order valence-corrected chi connectivity index (χ2v) is 18.5. The largest absolute Gasteiger partial charge is 0.309 e. The number of rotatable bonds is 5. The lowest BCUT2D eigenvalue weighted by Gasteiger charge is -2.34. The minimum absolute atomic E-state index is 0.486. The smallest absolute Gasteiger partial charge is 0.0720 e. The quantitative estimate of drug-likeness (QED) is 0.153. The van der Waals surface area contributed by atoms with Crippen molar-refractivity contribution in [3.8, 4) is 67.0 Å². The van der Waals surface area contributed by atoms with Crippen LogP contribution in [0.25, 0.3) is 111 Å². The molecule has 1 aliphatic heterocycles. The van der Waals surface area contributed by atoms with Crippen LogP contribution in [0.15, 0.2) is 254 Å². The molecular weight excluding hydrogens is 821 g/mol. The van der Waals surface area contributed by atoms with E-state index in [2.05, 4.69) is 258 Å². The molecule has 2 aliphatic carbocycles. The highest BCUT2D eigenvalue weighted by molar-refractivity contribution is 6.18. The zero-order valence-corrected chi connectivity index (χ0v) is 37.0. The summed E-state index contributed by atoms with van der Waals surface area (Å²) in [6, 6.07) is 83.7. The molecule has 0 fully saturated rings. The maximum absolute atomic E-state index is 3.42. The van der Waals surface area contributed by atoms with Crippen LogP contribution in [0.4, 0.5) is 0 Å². The van der Waals surface area contributed by atoms with Gasteiger partial charge in [-0.1, -0.05) is 164 Å². The van der Waals surface area contributed by atoms with E-state index in [1.54, 1.807) is 0 Å². The second-order valence-electron chi connectivity index (χ2n) is 18.5. The second kappa shape index (κ2) is 14.0. The van der Waals surface area contributed by atoms with Gasteiger partial charge in [-0.15, -0.1) is 5.73 Å². The van der Waals surface area contributed by atoms with Crippen LogP contribution < -0.4 is 0 Å². The average molecular weight is 861 g/mol. The van der Waals surface area contributed by atoms with Crippen LogP contribution in [-0.2, 0) is 5.41 Å². The molecule has 12 aromatic rings. The molecule has 0 N–H and O–H groups in total. The van der Waals surface area contributed by atoms with Crippen molar-refractivity contribution in [2.45, 2.75) is 5.41 Å². The van der Waals surface area contributed by atoms with Gasteiger partial charge in [-0.3, -0.25) is 0 Å². The van der Waals surface area contributed by atoms with E-state index < -0.39 is 5.41 Å². The molecule has 2 heteroatoms. The molecule has 3 aliphatic rings. The Labute approximate surface area is 393 Å².